The molecular weight excluding hydrogens is 405 g/mol. The van der Waals surface area contributed by atoms with Crippen LogP contribution in [0, 0.1) is 0 Å². The monoisotopic (exact) mass is 425 g/mol. The summed E-state index contributed by atoms with van der Waals surface area (Å²) in [4.78, 5) is 5.02. The molecule has 0 saturated carbocycles. The molecule has 0 spiro atoms. The summed E-state index contributed by atoms with van der Waals surface area (Å²) in [5, 5.41) is 0. The molecule has 6 heteroatoms. The normalized spacial score (nSPS) is 16.9. The van der Waals surface area contributed by atoms with Gasteiger partial charge in [0.05, 0.1) is 5.69 Å². The number of hydrogen-bond acceptors (Lipinski definition) is 3. The number of piperazine rings is 1. The van der Waals surface area contributed by atoms with Crippen LogP contribution in [0.25, 0.3) is 0 Å². The maximum Gasteiger partial charge on any atom is 0.0504 e. The SMILES string of the molecule is CCCN1CCN(Cc2cc(Br)cc(Br)c2N)CC1.Cl. The molecule has 0 amide bonds. The number of nitrogens with zero attached hydrogens (tertiary/aromatic N) is 2. The second kappa shape index (κ2) is 8.59. The van der Waals surface area contributed by atoms with Gasteiger partial charge in [-0.2, -0.15) is 0 Å². The minimum atomic E-state index is 0. The Balaban J connectivity index is 0.00000200. The fourth-order valence-electron chi connectivity index (χ4n) is 2.50. The summed E-state index contributed by atoms with van der Waals surface area (Å²) in [6, 6.07) is 4.12. The first-order valence-corrected chi connectivity index (χ1v) is 8.37. The third kappa shape index (κ3) is 4.88. The standard InChI is InChI=1S/C14H21Br2N3.ClH/c1-2-3-18-4-6-19(7-5-18)10-11-8-12(15)9-13(16)14(11)17;/h8-9H,2-7,10,17H2,1H3;1H. The predicted molar refractivity (Wildman–Crippen MR) is 95.5 cm³/mol. The number of nitrogens with two attached hydrogens (primary N) is 1. The summed E-state index contributed by atoms with van der Waals surface area (Å²) in [6.45, 7) is 8.99. The smallest absolute Gasteiger partial charge is 0.0504 e. The summed E-state index contributed by atoms with van der Waals surface area (Å²) in [6.07, 6.45) is 1.24. The zero-order valence-electron chi connectivity index (χ0n) is 11.7. The minimum absolute atomic E-state index is 0. The molecule has 0 radical (unpaired) electrons. The topological polar surface area (TPSA) is 32.5 Å². The highest BCUT2D eigenvalue weighted by molar-refractivity contribution is 9.11. The van der Waals surface area contributed by atoms with E-state index < -0.39 is 0 Å². The lowest BCUT2D eigenvalue weighted by Gasteiger charge is -2.34. The molecule has 0 atom stereocenters. The number of benzene rings is 1. The fraction of sp³-hybridized carbons (Fsp3) is 0.571. The van der Waals surface area contributed by atoms with Crippen LogP contribution in [-0.2, 0) is 6.54 Å². The third-order valence-corrected chi connectivity index (χ3v) is 4.69. The molecule has 2 rings (SSSR count). The van der Waals surface area contributed by atoms with Crippen molar-refractivity contribution in [3.63, 3.8) is 0 Å². The molecule has 20 heavy (non-hydrogen) atoms. The molecule has 2 N–H and O–H groups in total. The van der Waals surface area contributed by atoms with Crippen molar-refractivity contribution in [3.05, 3.63) is 26.6 Å². The molecule has 114 valence electrons. The summed E-state index contributed by atoms with van der Waals surface area (Å²) < 4.78 is 2.05. The maximum atomic E-state index is 6.14. The first kappa shape index (κ1) is 18.2. The number of rotatable bonds is 4. The van der Waals surface area contributed by atoms with Crippen molar-refractivity contribution in [1.29, 1.82) is 0 Å². The van der Waals surface area contributed by atoms with E-state index in [0.717, 1.165) is 34.3 Å². The fourth-order valence-corrected chi connectivity index (χ4v) is 3.81. The van der Waals surface area contributed by atoms with Gasteiger partial charge in [-0.25, -0.2) is 0 Å². The molecule has 1 aromatic rings. The van der Waals surface area contributed by atoms with Crippen LogP contribution in [0.2, 0.25) is 0 Å². The average Bonchev–Trinajstić information content (AvgIpc) is 2.38. The van der Waals surface area contributed by atoms with Crippen molar-refractivity contribution in [1.82, 2.24) is 9.80 Å². The predicted octanol–water partition coefficient (Wildman–Crippen LogP) is 3.74. The van der Waals surface area contributed by atoms with E-state index in [1.165, 1.54) is 31.6 Å². The number of anilines is 1. The van der Waals surface area contributed by atoms with Crippen molar-refractivity contribution < 1.29 is 0 Å². The molecular formula is C14H22Br2ClN3. The molecule has 0 aliphatic carbocycles. The molecule has 1 saturated heterocycles. The van der Waals surface area contributed by atoms with Gasteiger partial charge in [-0.05, 0) is 46.6 Å². The zero-order valence-corrected chi connectivity index (χ0v) is 15.7. The Morgan fingerprint density at radius 3 is 2.30 bits per heavy atom. The molecule has 0 bridgehead atoms. The third-order valence-electron chi connectivity index (χ3n) is 3.58. The van der Waals surface area contributed by atoms with E-state index >= 15 is 0 Å². The zero-order chi connectivity index (χ0) is 13.8. The summed E-state index contributed by atoms with van der Waals surface area (Å²) >= 11 is 7.04. The second-order valence-corrected chi connectivity index (χ2v) is 6.85. The number of halogens is 3. The van der Waals surface area contributed by atoms with Gasteiger partial charge < -0.3 is 10.6 Å². The van der Waals surface area contributed by atoms with Gasteiger partial charge in [-0.3, -0.25) is 4.90 Å². The van der Waals surface area contributed by atoms with Gasteiger partial charge in [-0.1, -0.05) is 22.9 Å². The molecule has 1 heterocycles. The van der Waals surface area contributed by atoms with E-state index in [1.54, 1.807) is 0 Å². The van der Waals surface area contributed by atoms with Crippen LogP contribution in [0.5, 0.6) is 0 Å². The van der Waals surface area contributed by atoms with Gasteiger partial charge in [0, 0.05) is 41.7 Å². The molecule has 1 aliphatic heterocycles. The average molecular weight is 428 g/mol. The number of hydrogen-bond donors (Lipinski definition) is 1. The van der Waals surface area contributed by atoms with E-state index in [2.05, 4.69) is 54.6 Å². The molecule has 0 unspecified atom stereocenters. The van der Waals surface area contributed by atoms with Crippen LogP contribution in [-0.4, -0.2) is 42.5 Å². The van der Waals surface area contributed by atoms with Crippen LogP contribution < -0.4 is 5.73 Å². The highest BCUT2D eigenvalue weighted by Gasteiger charge is 2.17. The Morgan fingerprint density at radius 2 is 1.70 bits per heavy atom. The lowest BCUT2D eigenvalue weighted by molar-refractivity contribution is 0.127. The van der Waals surface area contributed by atoms with E-state index in [1.807, 2.05) is 6.07 Å². The highest BCUT2D eigenvalue weighted by atomic mass is 79.9. The first-order valence-electron chi connectivity index (χ1n) is 6.78. The van der Waals surface area contributed by atoms with Crippen molar-refractivity contribution in [2.45, 2.75) is 19.9 Å². The van der Waals surface area contributed by atoms with Gasteiger partial charge in [0.1, 0.15) is 0 Å². The summed E-state index contributed by atoms with van der Waals surface area (Å²) in [5.41, 5.74) is 8.20. The van der Waals surface area contributed by atoms with Crippen LogP contribution in [0.15, 0.2) is 21.1 Å². The Hall–Kier alpha value is 0.190. The largest absolute Gasteiger partial charge is 0.398 e. The molecule has 3 nitrogen and oxygen atoms in total. The number of nitrogen functional groups attached to an aromatic ring is 1. The highest BCUT2D eigenvalue weighted by Crippen LogP contribution is 2.29. The van der Waals surface area contributed by atoms with Crippen molar-refractivity contribution >= 4 is 50.0 Å². The lowest BCUT2D eigenvalue weighted by atomic mass is 10.1. The molecule has 1 fully saturated rings. The minimum Gasteiger partial charge on any atom is -0.398 e. The van der Waals surface area contributed by atoms with Gasteiger partial charge >= 0.3 is 0 Å². The first-order chi connectivity index (χ1) is 9.10. The molecule has 0 aromatic heterocycles. The van der Waals surface area contributed by atoms with Crippen molar-refractivity contribution in [3.8, 4) is 0 Å². The van der Waals surface area contributed by atoms with E-state index in [4.69, 9.17) is 5.73 Å². The van der Waals surface area contributed by atoms with Gasteiger partial charge in [-0.15, -0.1) is 12.4 Å². The van der Waals surface area contributed by atoms with Crippen molar-refractivity contribution in [2.24, 2.45) is 0 Å². The van der Waals surface area contributed by atoms with E-state index in [9.17, 15) is 0 Å². The Labute approximate surface area is 144 Å². The van der Waals surface area contributed by atoms with E-state index in [-0.39, 0.29) is 12.4 Å². The van der Waals surface area contributed by atoms with Gasteiger partial charge in [0.15, 0.2) is 0 Å². The summed E-state index contributed by atoms with van der Waals surface area (Å²) in [5.74, 6) is 0. The molecule has 1 aliphatic rings. The van der Waals surface area contributed by atoms with Crippen LogP contribution in [0.1, 0.15) is 18.9 Å². The maximum absolute atomic E-state index is 6.14. The Bertz CT molecular complexity index is 435. The lowest BCUT2D eigenvalue weighted by Crippen LogP contribution is -2.46. The molecule has 1 aromatic carbocycles. The van der Waals surface area contributed by atoms with Crippen LogP contribution in [0.4, 0.5) is 5.69 Å². The second-order valence-electron chi connectivity index (χ2n) is 5.08. The van der Waals surface area contributed by atoms with Crippen molar-refractivity contribution in [2.75, 3.05) is 38.5 Å². The Morgan fingerprint density at radius 1 is 1.10 bits per heavy atom. The van der Waals surface area contributed by atoms with Crippen LogP contribution in [0.3, 0.4) is 0 Å². The van der Waals surface area contributed by atoms with Gasteiger partial charge in [0.25, 0.3) is 0 Å². The quantitative estimate of drug-likeness (QED) is 0.743. The van der Waals surface area contributed by atoms with Crippen LogP contribution >= 0.6 is 44.3 Å². The summed E-state index contributed by atoms with van der Waals surface area (Å²) in [7, 11) is 0. The van der Waals surface area contributed by atoms with Gasteiger partial charge in [0.2, 0.25) is 0 Å². The Kier molecular flexibility index (Phi) is 7.83. The van der Waals surface area contributed by atoms with E-state index in [0.29, 0.717) is 0 Å².